The van der Waals surface area contributed by atoms with Crippen LogP contribution in [-0.4, -0.2) is 22.9 Å². The minimum absolute atomic E-state index is 0.267. The first-order valence-corrected chi connectivity index (χ1v) is 9.31. The summed E-state index contributed by atoms with van der Waals surface area (Å²) < 4.78 is 15.5. The van der Waals surface area contributed by atoms with Crippen molar-refractivity contribution in [2.75, 3.05) is 0 Å². The van der Waals surface area contributed by atoms with Crippen LogP contribution in [0, 0.1) is 0 Å². The Morgan fingerprint density at radius 3 is 1.90 bits per heavy atom. The molecule has 0 unspecified atom stereocenters. The monoisotopic (exact) mass is 417 g/mol. The van der Waals surface area contributed by atoms with Gasteiger partial charge in [0.05, 0.1) is 5.56 Å². The Labute approximate surface area is 178 Å². The Hall–Kier alpha value is -4.26. The molecule has 1 heterocycles. The molecular weight excluding hydrogens is 398 g/mol. The lowest BCUT2D eigenvalue weighted by molar-refractivity contribution is -0.132. The Morgan fingerprint density at radius 1 is 0.742 bits per heavy atom. The Morgan fingerprint density at radius 2 is 1.35 bits per heavy atom. The molecule has 156 valence electrons. The summed E-state index contributed by atoms with van der Waals surface area (Å²) in [4.78, 5) is 38.5. The third-order valence-corrected chi connectivity index (χ3v) is 3.88. The van der Waals surface area contributed by atoms with Gasteiger partial charge in [0.25, 0.3) is 0 Å². The van der Waals surface area contributed by atoms with Crippen LogP contribution in [0.3, 0.4) is 0 Å². The van der Waals surface area contributed by atoms with Crippen molar-refractivity contribution < 1.29 is 28.6 Å². The van der Waals surface area contributed by atoms with Crippen LogP contribution in [0.2, 0.25) is 0 Å². The third kappa shape index (κ3) is 6.64. The van der Waals surface area contributed by atoms with Crippen LogP contribution in [0.15, 0.2) is 67.0 Å². The molecule has 0 aliphatic rings. The number of aromatic nitrogens is 1. The van der Waals surface area contributed by atoms with Crippen molar-refractivity contribution in [1.82, 2.24) is 4.98 Å². The molecule has 0 aliphatic heterocycles. The second kappa shape index (κ2) is 9.98. The zero-order chi connectivity index (χ0) is 22.2. The van der Waals surface area contributed by atoms with Crippen molar-refractivity contribution in [1.29, 1.82) is 0 Å². The van der Waals surface area contributed by atoms with Crippen molar-refractivity contribution in [3.8, 4) is 17.2 Å². The molecule has 0 bridgehead atoms. The van der Waals surface area contributed by atoms with E-state index in [1.165, 1.54) is 26.1 Å². The molecule has 0 amide bonds. The number of esters is 3. The highest BCUT2D eigenvalue weighted by Gasteiger charge is 2.08. The molecule has 3 rings (SSSR count). The minimum atomic E-state index is -0.489. The molecule has 0 saturated heterocycles. The van der Waals surface area contributed by atoms with E-state index in [0.29, 0.717) is 16.9 Å². The number of rotatable bonds is 6. The van der Waals surface area contributed by atoms with E-state index < -0.39 is 17.9 Å². The number of hydrogen-bond acceptors (Lipinski definition) is 7. The Balaban J connectivity index is 1.73. The molecule has 1 aromatic heterocycles. The highest BCUT2D eigenvalue weighted by atomic mass is 16.5. The second-order valence-electron chi connectivity index (χ2n) is 6.46. The van der Waals surface area contributed by atoms with Crippen molar-refractivity contribution >= 4 is 30.1 Å². The maximum Gasteiger partial charge on any atom is 0.345 e. The van der Waals surface area contributed by atoms with E-state index in [1.807, 2.05) is 6.08 Å². The fourth-order valence-electron chi connectivity index (χ4n) is 2.63. The molecule has 0 N–H and O–H groups in total. The van der Waals surface area contributed by atoms with Gasteiger partial charge in [-0.15, -0.1) is 0 Å². The van der Waals surface area contributed by atoms with E-state index >= 15 is 0 Å². The number of ether oxygens (including phenoxy) is 3. The largest absolute Gasteiger partial charge is 0.427 e. The summed E-state index contributed by atoms with van der Waals surface area (Å²) in [5, 5.41) is 0. The van der Waals surface area contributed by atoms with Crippen LogP contribution < -0.4 is 14.2 Å². The van der Waals surface area contributed by atoms with Gasteiger partial charge in [-0.25, -0.2) is 4.79 Å². The lowest BCUT2D eigenvalue weighted by Gasteiger charge is -2.07. The van der Waals surface area contributed by atoms with E-state index in [9.17, 15) is 14.4 Å². The summed E-state index contributed by atoms with van der Waals surface area (Å²) in [6, 6.07) is 15.0. The van der Waals surface area contributed by atoms with Crippen LogP contribution in [0.25, 0.3) is 12.2 Å². The highest BCUT2D eigenvalue weighted by Crippen LogP contribution is 2.25. The fourth-order valence-corrected chi connectivity index (χ4v) is 2.63. The van der Waals surface area contributed by atoms with Gasteiger partial charge in [0.1, 0.15) is 17.2 Å². The third-order valence-electron chi connectivity index (χ3n) is 3.88. The fraction of sp³-hybridized carbons (Fsp3) is 0.0833. The molecule has 0 radical (unpaired) electrons. The summed E-state index contributed by atoms with van der Waals surface area (Å²) in [6.45, 7) is 2.58. The molecule has 2 aromatic carbocycles. The van der Waals surface area contributed by atoms with Crippen molar-refractivity contribution in [2.45, 2.75) is 13.8 Å². The molecule has 7 nitrogen and oxygen atoms in total. The zero-order valence-electron chi connectivity index (χ0n) is 16.9. The van der Waals surface area contributed by atoms with Crippen LogP contribution in [0.1, 0.15) is 35.3 Å². The van der Waals surface area contributed by atoms with Gasteiger partial charge in [-0.3, -0.25) is 14.6 Å². The Bertz CT molecular complexity index is 1090. The number of hydrogen-bond donors (Lipinski definition) is 0. The summed E-state index contributed by atoms with van der Waals surface area (Å²) in [5.41, 5.74) is 1.87. The average molecular weight is 417 g/mol. The summed E-state index contributed by atoms with van der Waals surface area (Å²) in [6.07, 6.45) is 6.61. The molecule has 31 heavy (non-hydrogen) atoms. The van der Waals surface area contributed by atoms with Gasteiger partial charge in [0.2, 0.25) is 0 Å². The number of pyridine rings is 1. The van der Waals surface area contributed by atoms with Crippen LogP contribution >= 0.6 is 0 Å². The summed E-state index contributed by atoms with van der Waals surface area (Å²) >= 11 is 0. The van der Waals surface area contributed by atoms with Crippen molar-refractivity contribution in [2.24, 2.45) is 0 Å². The van der Waals surface area contributed by atoms with E-state index in [2.05, 4.69) is 4.98 Å². The molecule has 3 aromatic rings. The highest BCUT2D eigenvalue weighted by molar-refractivity contribution is 5.90. The van der Waals surface area contributed by atoms with Crippen molar-refractivity contribution in [3.63, 3.8) is 0 Å². The van der Waals surface area contributed by atoms with E-state index in [1.54, 1.807) is 60.8 Å². The maximum atomic E-state index is 12.1. The zero-order valence-corrected chi connectivity index (χ0v) is 16.9. The van der Waals surface area contributed by atoms with Gasteiger partial charge in [-0.05, 0) is 47.5 Å². The van der Waals surface area contributed by atoms with Crippen LogP contribution in [-0.2, 0) is 9.59 Å². The van der Waals surface area contributed by atoms with E-state index in [-0.39, 0.29) is 11.5 Å². The first-order valence-electron chi connectivity index (χ1n) is 9.31. The van der Waals surface area contributed by atoms with E-state index in [0.717, 1.165) is 5.56 Å². The van der Waals surface area contributed by atoms with Gasteiger partial charge < -0.3 is 14.2 Å². The number of nitrogens with zero attached hydrogens (tertiary/aromatic N) is 1. The topological polar surface area (TPSA) is 91.8 Å². The van der Waals surface area contributed by atoms with Crippen LogP contribution in [0.4, 0.5) is 0 Å². The van der Waals surface area contributed by atoms with Crippen molar-refractivity contribution in [3.05, 3.63) is 83.7 Å². The average Bonchev–Trinajstić information content (AvgIpc) is 2.73. The molecule has 0 fully saturated rings. The first kappa shape index (κ1) is 21.4. The lowest BCUT2D eigenvalue weighted by atomic mass is 10.1. The summed E-state index contributed by atoms with van der Waals surface area (Å²) in [5.74, 6) is -0.513. The molecule has 0 spiro atoms. The minimum Gasteiger partial charge on any atom is -0.427 e. The van der Waals surface area contributed by atoms with Gasteiger partial charge in [0.15, 0.2) is 0 Å². The first-order chi connectivity index (χ1) is 14.9. The predicted octanol–water partition coefficient (Wildman–Crippen LogP) is 4.32. The smallest absolute Gasteiger partial charge is 0.345 e. The number of carbonyl (C=O) groups excluding carboxylic acids is 3. The lowest BCUT2D eigenvalue weighted by Crippen LogP contribution is -2.08. The summed E-state index contributed by atoms with van der Waals surface area (Å²) in [7, 11) is 0. The van der Waals surface area contributed by atoms with Gasteiger partial charge >= 0.3 is 17.9 Å². The van der Waals surface area contributed by atoms with Gasteiger partial charge in [-0.2, -0.15) is 0 Å². The normalized spacial score (nSPS) is 10.5. The Kier molecular flexibility index (Phi) is 6.90. The van der Waals surface area contributed by atoms with Gasteiger partial charge in [-0.1, -0.05) is 24.3 Å². The molecule has 0 saturated carbocycles. The van der Waals surface area contributed by atoms with Gasteiger partial charge in [0, 0.05) is 32.3 Å². The number of benzene rings is 2. The van der Waals surface area contributed by atoms with Crippen LogP contribution in [0.5, 0.6) is 17.2 Å². The molecule has 7 heteroatoms. The SMILES string of the molecule is CC(=O)Oc1cc(/C=C/c2ccc(OC(=O)c3cccnc3)cc2)cc(OC(C)=O)c1. The predicted molar refractivity (Wildman–Crippen MR) is 114 cm³/mol. The van der Waals surface area contributed by atoms with E-state index in [4.69, 9.17) is 14.2 Å². The molecule has 0 atom stereocenters. The number of carbonyl (C=O) groups is 3. The quantitative estimate of drug-likeness (QED) is 0.335. The molecule has 0 aliphatic carbocycles. The maximum absolute atomic E-state index is 12.1. The second-order valence-corrected chi connectivity index (χ2v) is 6.46. The standard InChI is InChI=1S/C24H19NO6/c1-16(26)29-22-12-19(13-23(14-22)30-17(2)27)6-5-18-7-9-21(10-8-18)31-24(28)20-4-3-11-25-15-20/h3-15H,1-2H3/b6-5+. The molecular formula is C24H19NO6.